The molecule has 0 saturated carbocycles. The molecule has 7 heteroatoms. The summed E-state index contributed by atoms with van der Waals surface area (Å²) in [5.74, 6) is 2.70. The average molecular weight is 445 g/mol. The molecule has 0 aliphatic carbocycles. The van der Waals surface area contributed by atoms with Crippen molar-refractivity contribution in [1.29, 1.82) is 0 Å². The van der Waals surface area contributed by atoms with Gasteiger partial charge in [-0.15, -0.1) is 0 Å². The van der Waals surface area contributed by atoms with Gasteiger partial charge in [-0.05, 0) is 55.7 Å². The summed E-state index contributed by atoms with van der Waals surface area (Å²) in [6.45, 7) is 4.93. The van der Waals surface area contributed by atoms with Crippen LogP contribution in [0.3, 0.4) is 0 Å². The first-order valence-corrected chi connectivity index (χ1v) is 11.4. The summed E-state index contributed by atoms with van der Waals surface area (Å²) in [6.07, 6.45) is 2.97. The van der Waals surface area contributed by atoms with Gasteiger partial charge in [0, 0.05) is 31.6 Å². The molecule has 0 spiro atoms. The molecule has 2 aliphatic heterocycles. The number of anilines is 1. The normalized spacial score (nSPS) is 15.3. The summed E-state index contributed by atoms with van der Waals surface area (Å²) in [5, 5.41) is 0. The Morgan fingerprint density at radius 2 is 1.67 bits per heavy atom. The fraction of sp³-hybridized carbons (Fsp3) is 0.346. The molecule has 170 valence electrons. The molecule has 0 unspecified atom stereocenters. The van der Waals surface area contributed by atoms with Crippen LogP contribution in [-0.2, 0) is 13.0 Å². The predicted octanol–water partition coefficient (Wildman–Crippen LogP) is 4.38. The second kappa shape index (κ2) is 9.10. The minimum atomic E-state index is 0.0257. The summed E-state index contributed by atoms with van der Waals surface area (Å²) in [7, 11) is 1.64. The van der Waals surface area contributed by atoms with Gasteiger partial charge in [0.1, 0.15) is 11.5 Å². The molecule has 1 aromatic heterocycles. The number of aromatic nitrogens is 2. The molecule has 0 bridgehead atoms. The van der Waals surface area contributed by atoms with Gasteiger partial charge in [-0.3, -0.25) is 4.79 Å². The van der Waals surface area contributed by atoms with Gasteiger partial charge < -0.3 is 19.3 Å². The van der Waals surface area contributed by atoms with Crippen molar-refractivity contribution in [3.8, 4) is 17.4 Å². The van der Waals surface area contributed by atoms with Crippen molar-refractivity contribution in [2.24, 2.45) is 0 Å². The number of hydrogen-bond donors (Lipinski definition) is 0. The third kappa shape index (κ3) is 4.35. The lowest BCUT2D eigenvalue weighted by Gasteiger charge is -2.30. The zero-order chi connectivity index (χ0) is 22.8. The lowest BCUT2D eigenvalue weighted by atomic mass is 10.0. The molecule has 0 atom stereocenters. The number of amides is 1. The number of hydrogen-bond acceptors (Lipinski definition) is 6. The number of carbonyl (C=O) groups is 1. The monoisotopic (exact) mass is 444 g/mol. The first kappa shape index (κ1) is 21.2. The van der Waals surface area contributed by atoms with E-state index in [4.69, 9.17) is 19.4 Å². The van der Waals surface area contributed by atoms with Crippen LogP contribution in [0.4, 0.5) is 5.95 Å². The van der Waals surface area contributed by atoms with Crippen molar-refractivity contribution in [2.45, 2.75) is 32.7 Å². The van der Waals surface area contributed by atoms with Gasteiger partial charge in [0.25, 0.3) is 5.91 Å². The second-order valence-corrected chi connectivity index (χ2v) is 8.52. The Morgan fingerprint density at radius 3 is 2.39 bits per heavy atom. The molecule has 1 saturated heterocycles. The highest BCUT2D eigenvalue weighted by atomic mass is 16.5. The van der Waals surface area contributed by atoms with E-state index in [0.717, 1.165) is 54.1 Å². The van der Waals surface area contributed by atoms with Crippen LogP contribution < -0.4 is 14.4 Å². The van der Waals surface area contributed by atoms with Crippen molar-refractivity contribution in [2.75, 3.05) is 31.6 Å². The molecule has 0 radical (unpaired) electrons. The average Bonchev–Trinajstić information content (AvgIpc) is 3.39. The highest BCUT2D eigenvalue weighted by molar-refractivity contribution is 5.95. The Hall–Kier alpha value is -3.61. The standard InChI is InChI=1S/C26H28N4O3/c1-18-7-3-4-8-21(18)25(31)30-16-13-23-22(17-30)24(28-26(27-23)29-14-5-6-15-29)33-20-11-9-19(32-2)10-12-20/h3-4,7-12H,5-6,13-17H2,1-2H3. The SMILES string of the molecule is COc1ccc(Oc2nc(N3CCCC3)nc3c2CN(C(=O)c2ccccc2C)CC3)cc1. The highest BCUT2D eigenvalue weighted by Gasteiger charge is 2.29. The predicted molar refractivity (Wildman–Crippen MR) is 126 cm³/mol. The van der Waals surface area contributed by atoms with E-state index in [1.807, 2.05) is 60.4 Å². The molecule has 2 aromatic carbocycles. The van der Waals surface area contributed by atoms with E-state index in [1.54, 1.807) is 7.11 Å². The maximum Gasteiger partial charge on any atom is 0.254 e. The number of methoxy groups -OCH3 is 1. The third-order valence-corrected chi connectivity index (χ3v) is 6.34. The number of benzene rings is 2. The van der Waals surface area contributed by atoms with E-state index >= 15 is 0 Å². The van der Waals surface area contributed by atoms with Crippen molar-refractivity contribution < 1.29 is 14.3 Å². The van der Waals surface area contributed by atoms with Gasteiger partial charge >= 0.3 is 0 Å². The number of fused-ring (bicyclic) bond motifs is 1. The summed E-state index contributed by atoms with van der Waals surface area (Å²) in [4.78, 5) is 27.0. The lowest BCUT2D eigenvalue weighted by molar-refractivity contribution is 0.0731. The first-order valence-electron chi connectivity index (χ1n) is 11.4. The first-order chi connectivity index (χ1) is 16.1. The Labute approximate surface area is 194 Å². The van der Waals surface area contributed by atoms with E-state index in [0.29, 0.717) is 37.1 Å². The summed E-state index contributed by atoms with van der Waals surface area (Å²) >= 11 is 0. The van der Waals surface area contributed by atoms with Crippen molar-refractivity contribution >= 4 is 11.9 Å². The quantitative estimate of drug-likeness (QED) is 0.582. The van der Waals surface area contributed by atoms with Crippen molar-refractivity contribution in [1.82, 2.24) is 14.9 Å². The summed E-state index contributed by atoms with van der Waals surface area (Å²) < 4.78 is 11.5. The van der Waals surface area contributed by atoms with E-state index in [-0.39, 0.29) is 5.91 Å². The van der Waals surface area contributed by atoms with Crippen LogP contribution in [0.5, 0.6) is 17.4 Å². The van der Waals surface area contributed by atoms with Gasteiger partial charge in [0.05, 0.1) is 24.9 Å². The molecule has 1 fully saturated rings. The zero-order valence-electron chi connectivity index (χ0n) is 19.1. The van der Waals surface area contributed by atoms with Gasteiger partial charge in [0.15, 0.2) is 0 Å². The highest BCUT2D eigenvalue weighted by Crippen LogP contribution is 2.33. The van der Waals surface area contributed by atoms with Crippen LogP contribution in [0.2, 0.25) is 0 Å². The summed E-state index contributed by atoms with van der Waals surface area (Å²) in [6, 6.07) is 15.2. The van der Waals surface area contributed by atoms with Crippen LogP contribution in [0.15, 0.2) is 48.5 Å². The zero-order valence-corrected chi connectivity index (χ0v) is 19.1. The fourth-order valence-electron chi connectivity index (χ4n) is 4.43. The fourth-order valence-corrected chi connectivity index (χ4v) is 4.43. The van der Waals surface area contributed by atoms with Gasteiger partial charge in [0.2, 0.25) is 11.8 Å². The number of nitrogens with zero attached hydrogens (tertiary/aromatic N) is 4. The van der Waals surface area contributed by atoms with Gasteiger partial charge in [-0.2, -0.15) is 4.98 Å². The van der Waals surface area contributed by atoms with Gasteiger partial charge in [-0.25, -0.2) is 4.98 Å². The molecule has 5 rings (SSSR count). The Balaban J connectivity index is 1.48. The van der Waals surface area contributed by atoms with Crippen LogP contribution in [0, 0.1) is 6.92 Å². The van der Waals surface area contributed by atoms with Crippen molar-refractivity contribution in [3.05, 3.63) is 70.9 Å². The van der Waals surface area contributed by atoms with Crippen LogP contribution in [0.25, 0.3) is 0 Å². The van der Waals surface area contributed by atoms with Crippen molar-refractivity contribution in [3.63, 3.8) is 0 Å². The number of ether oxygens (including phenoxy) is 2. The molecule has 33 heavy (non-hydrogen) atoms. The molecule has 7 nitrogen and oxygen atoms in total. The smallest absolute Gasteiger partial charge is 0.254 e. The minimum Gasteiger partial charge on any atom is -0.497 e. The van der Waals surface area contributed by atoms with Gasteiger partial charge in [-0.1, -0.05) is 18.2 Å². The van der Waals surface area contributed by atoms with Crippen LogP contribution >= 0.6 is 0 Å². The topological polar surface area (TPSA) is 67.8 Å². The number of carbonyl (C=O) groups excluding carboxylic acids is 1. The largest absolute Gasteiger partial charge is 0.497 e. The molecular weight excluding hydrogens is 416 g/mol. The molecule has 2 aliphatic rings. The molecule has 0 N–H and O–H groups in total. The lowest BCUT2D eigenvalue weighted by Crippen LogP contribution is -2.37. The molecule has 3 aromatic rings. The molecular formula is C26H28N4O3. The van der Waals surface area contributed by atoms with Crippen LogP contribution in [0.1, 0.15) is 40.0 Å². The van der Waals surface area contributed by atoms with E-state index in [2.05, 4.69) is 4.90 Å². The Morgan fingerprint density at radius 1 is 0.939 bits per heavy atom. The minimum absolute atomic E-state index is 0.0257. The summed E-state index contributed by atoms with van der Waals surface area (Å²) in [5.41, 5.74) is 3.54. The third-order valence-electron chi connectivity index (χ3n) is 6.34. The number of rotatable bonds is 5. The maximum atomic E-state index is 13.3. The van der Waals surface area contributed by atoms with E-state index < -0.39 is 0 Å². The number of aryl methyl sites for hydroxylation is 1. The Bertz CT molecular complexity index is 1160. The maximum absolute atomic E-state index is 13.3. The Kier molecular flexibility index (Phi) is 5.86. The molecule has 3 heterocycles. The van der Waals surface area contributed by atoms with E-state index in [1.165, 1.54) is 0 Å². The van der Waals surface area contributed by atoms with E-state index in [9.17, 15) is 4.79 Å². The van der Waals surface area contributed by atoms with Crippen LogP contribution in [-0.4, -0.2) is 47.5 Å². The molecule has 1 amide bonds. The second-order valence-electron chi connectivity index (χ2n) is 8.52.